The van der Waals surface area contributed by atoms with E-state index in [1.165, 1.54) is 23.5 Å². The van der Waals surface area contributed by atoms with Crippen molar-refractivity contribution < 1.29 is 18.3 Å². The van der Waals surface area contributed by atoms with Gasteiger partial charge >= 0.3 is 0 Å². The molecule has 1 atom stereocenters. The van der Waals surface area contributed by atoms with E-state index in [0.717, 1.165) is 10.9 Å². The molecule has 1 fully saturated rings. The van der Waals surface area contributed by atoms with E-state index >= 15 is 0 Å². The van der Waals surface area contributed by atoms with E-state index in [1.54, 1.807) is 4.90 Å². The second-order valence-electron chi connectivity index (χ2n) is 5.57. The summed E-state index contributed by atoms with van der Waals surface area (Å²) in [6.07, 6.45) is 0.429. The van der Waals surface area contributed by atoms with Gasteiger partial charge in [-0.1, -0.05) is 17.7 Å². The van der Waals surface area contributed by atoms with Gasteiger partial charge in [0.25, 0.3) is 0 Å². The third-order valence-corrected chi connectivity index (χ3v) is 5.23. The fourth-order valence-electron chi connectivity index (χ4n) is 2.70. The quantitative estimate of drug-likeness (QED) is 0.805. The van der Waals surface area contributed by atoms with Gasteiger partial charge in [-0.15, -0.1) is 11.3 Å². The summed E-state index contributed by atoms with van der Waals surface area (Å²) in [6.45, 7) is 1.08. The Morgan fingerprint density at radius 3 is 2.88 bits per heavy atom. The number of hydrogen-bond donors (Lipinski definition) is 0. The van der Waals surface area contributed by atoms with Crippen molar-refractivity contribution in [2.24, 2.45) is 0 Å². The van der Waals surface area contributed by atoms with Gasteiger partial charge in [0.15, 0.2) is 0 Å². The number of ether oxygens (including phenoxy) is 1. The average molecular weight is 372 g/mol. The minimum absolute atomic E-state index is 0.00431. The molecule has 0 N–H and O–H groups in total. The number of nitrogens with zero attached hydrogens (tertiary/aromatic N) is 1. The largest absolute Gasteiger partial charge is 0.370 e. The summed E-state index contributed by atoms with van der Waals surface area (Å²) < 4.78 is 33.2. The van der Waals surface area contributed by atoms with Crippen LogP contribution in [0, 0.1) is 11.6 Å². The number of morpholine rings is 1. The maximum absolute atomic E-state index is 13.9. The van der Waals surface area contributed by atoms with Crippen molar-refractivity contribution >= 4 is 28.8 Å². The van der Waals surface area contributed by atoms with Crippen LogP contribution in [0.4, 0.5) is 8.78 Å². The van der Waals surface area contributed by atoms with E-state index in [0.29, 0.717) is 30.3 Å². The van der Waals surface area contributed by atoms with Gasteiger partial charge in [-0.3, -0.25) is 4.79 Å². The third-order valence-electron chi connectivity index (χ3n) is 3.94. The number of carbonyl (C=O) groups is 1. The van der Waals surface area contributed by atoms with Gasteiger partial charge in [-0.25, -0.2) is 8.78 Å². The van der Waals surface area contributed by atoms with Gasteiger partial charge in [0.05, 0.1) is 17.5 Å². The average Bonchev–Trinajstić information content (AvgIpc) is 2.98. The molecule has 0 spiro atoms. The molecular formula is C17H16ClF2NO2S. The molecule has 3 nitrogen and oxygen atoms in total. The fraction of sp³-hybridized carbons (Fsp3) is 0.353. The van der Waals surface area contributed by atoms with Crippen LogP contribution in [-0.4, -0.2) is 30.5 Å². The molecule has 2 heterocycles. The molecule has 1 unspecified atom stereocenters. The molecule has 1 aliphatic rings. The SMILES string of the molecule is O=C(CCc1ccc(Cl)s1)N1CCOC(c2ccc(F)cc2F)C1. The summed E-state index contributed by atoms with van der Waals surface area (Å²) >= 11 is 7.34. The van der Waals surface area contributed by atoms with E-state index in [1.807, 2.05) is 12.1 Å². The molecule has 1 aromatic carbocycles. The predicted molar refractivity (Wildman–Crippen MR) is 89.3 cm³/mol. The predicted octanol–water partition coefficient (Wildman–Crippen LogP) is 4.21. The van der Waals surface area contributed by atoms with E-state index in [4.69, 9.17) is 16.3 Å². The second-order valence-corrected chi connectivity index (χ2v) is 7.37. The lowest BCUT2D eigenvalue weighted by molar-refractivity contribution is -0.139. The molecule has 0 saturated carbocycles. The maximum atomic E-state index is 13.9. The van der Waals surface area contributed by atoms with Crippen LogP contribution in [0.15, 0.2) is 30.3 Å². The zero-order valence-corrected chi connectivity index (χ0v) is 14.4. The summed E-state index contributed by atoms with van der Waals surface area (Å²) in [4.78, 5) is 15.1. The number of amides is 1. The summed E-state index contributed by atoms with van der Waals surface area (Å²) in [7, 11) is 0. The smallest absolute Gasteiger partial charge is 0.223 e. The lowest BCUT2D eigenvalue weighted by Crippen LogP contribution is -2.42. The molecular weight excluding hydrogens is 356 g/mol. The molecule has 128 valence electrons. The summed E-state index contributed by atoms with van der Waals surface area (Å²) in [5.74, 6) is -1.28. The first-order valence-electron chi connectivity index (χ1n) is 7.61. The highest BCUT2D eigenvalue weighted by atomic mass is 35.5. The molecule has 0 radical (unpaired) electrons. The minimum atomic E-state index is -0.650. The van der Waals surface area contributed by atoms with Crippen LogP contribution in [0.25, 0.3) is 0 Å². The number of thiophene rings is 1. The van der Waals surface area contributed by atoms with Crippen molar-refractivity contribution in [3.05, 3.63) is 56.7 Å². The lowest BCUT2D eigenvalue weighted by Gasteiger charge is -2.33. The van der Waals surface area contributed by atoms with Crippen molar-refractivity contribution in [1.82, 2.24) is 4.90 Å². The maximum Gasteiger partial charge on any atom is 0.223 e. The minimum Gasteiger partial charge on any atom is -0.370 e. The molecule has 1 amide bonds. The van der Waals surface area contributed by atoms with Gasteiger partial charge in [0.2, 0.25) is 5.91 Å². The number of halogens is 3. The second kappa shape index (κ2) is 7.59. The van der Waals surface area contributed by atoms with Crippen LogP contribution in [0.1, 0.15) is 23.0 Å². The Morgan fingerprint density at radius 2 is 2.17 bits per heavy atom. The van der Waals surface area contributed by atoms with Crippen LogP contribution in [-0.2, 0) is 16.0 Å². The number of aryl methyl sites for hydroxylation is 1. The Morgan fingerprint density at radius 1 is 1.33 bits per heavy atom. The Hall–Kier alpha value is -1.50. The molecule has 24 heavy (non-hydrogen) atoms. The lowest BCUT2D eigenvalue weighted by atomic mass is 10.1. The summed E-state index contributed by atoms with van der Waals surface area (Å²) in [5.41, 5.74) is 0.277. The molecule has 1 saturated heterocycles. The fourth-order valence-corrected chi connectivity index (χ4v) is 3.79. The highest BCUT2D eigenvalue weighted by Crippen LogP contribution is 2.26. The first-order valence-corrected chi connectivity index (χ1v) is 8.81. The number of hydrogen-bond acceptors (Lipinski definition) is 3. The van der Waals surface area contributed by atoms with Gasteiger partial charge in [-0.2, -0.15) is 0 Å². The van der Waals surface area contributed by atoms with Crippen molar-refractivity contribution in [2.75, 3.05) is 19.7 Å². The molecule has 1 aromatic heterocycles. The van der Waals surface area contributed by atoms with Gasteiger partial charge < -0.3 is 9.64 Å². The standard InChI is InChI=1S/C17H16ClF2NO2S/c18-16-5-2-12(24-16)3-6-17(22)21-7-8-23-15(10-21)13-4-1-11(19)9-14(13)20/h1-2,4-5,9,15H,3,6-8,10H2. The topological polar surface area (TPSA) is 29.5 Å². The third kappa shape index (κ3) is 4.12. The van der Waals surface area contributed by atoms with Crippen molar-refractivity contribution in [3.8, 4) is 0 Å². The van der Waals surface area contributed by atoms with Gasteiger partial charge in [0.1, 0.15) is 17.7 Å². The highest BCUT2D eigenvalue weighted by molar-refractivity contribution is 7.16. The van der Waals surface area contributed by atoms with Gasteiger partial charge in [-0.05, 0) is 24.6 Å². The van der Waals surface area contributed by atoms with Gasteiger partial charge in [0, 0.05) is 29.5 Å². The molecule has 0 aliphatic carbocycles. The van der Waals surface area contributed by atoms with Crippen LogP contribution in [0.5, 0.6) is 0 Å². The van der Waals surface area contributed by atoms with E-state index in [-0.39, 0.29) is 18.0 Å². The Balaban J connectivity index is 1.61. The first-order chi connectivity index (χ1) is 11.5. The van der Waals surface area contributed by atoms with Crippen molar-refractivity contribution in [2.45, 2.75) is 18.9 Å². The molecule has 1 aliphatic heterocycles. The molecule has 7 heteroatoms. The normalized spacial score (nSPS) is 18.0. The van der Waals surface area contributed by atoms with Crippen molar-refractivity contribution in [1.29, 1.82) is 0 Å². The number of carbonyl (C=O) groups excluding carboxylic acids is 1. The molecule has 2 aromatic rings. The molecule has 3 rings (SSSR count). The Kier molecular flexibility index (Phi) is 5.48. The van der Waals surface area contributed by atoms with Crippen LogP contribution in [0.2, 0.25) is 4.34 Å². The van der Waals surface area contributed by atoms with Crippen LogP contribution >= 0.6 is 22.9 Å². The zero-order valence-electron chi connectivity index (χ0n) is 12.8. The van der Waals surface area contributed by atoms with Crippen LogP contribution in [0.3, 0.4) is 0 Å². The highest BCUT2D eigenvalue weighted by Gasteiger charge is 2.27. The van der Waals surface area contributed by atoms with E-state index < -0.39 is 17.7 Å². The summed E-state index contributed by atoms with van der Waals surface area (Å²) in [6, 6.07) is 7.13. The van der Waals surface area contributed by atoms with E-state index in [2.05, 4.69) is 0 Å². The first kappa shape index (κ1) is 17.3. The monoisotopic (exact) mass is 371 g/mol. The summed E-state index contributed by atoms with van der Waals surface area (Å²) in [5, 5.41) is 0. The molecule has 0 bridgehead atoms. The Labute approximate surface area is 147 Å². The van der Waals surface area contributed by atoms with E-state index in [9.17, 15) is 13.6 Å². The van der Waals surface area contributed by atoms with Crippen LogP contribution < -0.4 is 0 Å². The zero-order chi connectivity index (χ0) is 17.1. The Bertz CT molecular complexity index is 737. The number of benzene rings is 1. The number of rotatable bonds is 4. The van der Waals surface area contributed by atoms with Crippen molar-refractivity contribution in [3.63, 3.8) is 0 Å².